The van der Waals surface area contributed by atoms with E-state index in [0.29, 0.717) is 6.42 Å². The fourth-order valence-electron chi connectivity index (χ4n) is 1.90. The second kappa shape index (κ2) is 5.12. The molecule has 0 radical (unpaired) electrons. The molecule has 88 valence electrons. The lowest BCUT2D eigenvalue weighted by molar-refractivity contribution is -0.149. The molecule has 0 saturated heterocycles. The lowest BCUT2D eigenvalue weighted by atomic mass is 9.87. The van der Waals surface area contributed by atoms with E-state index in [4.69, 9.17) is 4.74 Å². The first-order valence-electron chi connectivity index (χ1n) is 5.45. The molecule has 1 unspecified atom stereocenters. The van der Waals surface area contributed by atoms with Crippen LogP contribution in [0.5, 0.6) is 0 Å². The van der Waals surface area contributed by atoms with Gasteiger partial charge in [0.2, 0.25) is 0 Å². The zero-order chi connectivity index (χ0) is 12.2. The van der Waals surface area contributed by atoms with Crippen molar-refractivity contribution in [2.75, 3.05) is 14.2 Å². The van der Waals surface area contributed by atoms with Gasteiger partial charge >= 0.3 is 5.97 Å². The Bertz CT molecular complexity index is 353. The second-order valence-electron chi connectivity index (χ2n) is 3.87. The lowest BCUT2D eigenvalue weighted by Gasteiger charge is -2.30. The predicted molar refractivity (Wildman–Crippen MR) is 64.2 cm³/mol. The molecule has 1 rings (SSSR count). The van der Waals surface area contributed by atoms with Gasteiger partial charge in [-0.15, -0.1) is 0 Å². The fourth-order valence-corrected chi connectivity index (χ4v) is 1.90. The third-order valence-corrected chi connectivity index (χ3v) is 3.04. The van der Waals surface area contributed by atoms with Gasteiger partial charge in [0.25, 0.3) is 0 Å². The number of esters is 1. The standard InChI is InChI=1S/C13H19NO2/c1-5-13(14-3,12(15)16-4)11-8-6-10(2)7-9-11/h6-9,14H,5H2,1-4H3. The fraction of sp³-hybridized carbons (Fsp3) is 0.462. The van der Waals surface area contributed by atoms with Gasteiger partial charge in [-0.05, 0) is 26.0 Å². The molecule has 0 spiro atoms. The molecule has 1 atom stereocenters. The summed E-state index contributed by atoms with van der Waals surface area (Å²) in [6.45, 7) is 3.99. The molecule has 0 aromatic heterocycles. The topological polar surface area (TPSA) is 38.3 Å². The maximum absolute atomic E-state index is 11.9. The van der Waals surface area contributed by atoms with E-state index in [9.17, 15) is 4.79 Å². The molecule has 3 heteroatoms. The van der Waals surface area contributed by atoms with Crippen LogP contribution in [0.2, 0.25) is 0 Å². The molecule has 0 bridgehead atoms. The van der Waals surface area contributed by atoms with E-state index in [1.165, 1.54) is 12.7 Å². The molecule has 0 aliphatic heterocycles. The number of nitrogens with one attached hydrogen (secondary N) is 1. The highest BCUT2D eigenvalue weighted by atomic mass is 16.5. The number of methoxy groups -OCH3 is 1. The van der Waals surface area contributed by atoms with Crippen molar-refractivity contribution in [3.8, 4) is 0 Å². The number of likely N-dealkylation sites (N-methyl/N-ethyl adjacent to an activating group) is 1. The first-order valence-corrected chi connectivity index (χ1v) is 5.45. The number of aryl methyl sites for hydroxylation is 1. The highest BCUT2D eigenvalue weighted by Crippen LogP contribution is 2.26. The minimum atomic E-state index is -0.734. The van der Waals surface area contributed by atoms with Crippen molar-refractivity contribution in [2.45, 2.75) is 25.8 Å². The zero-order valence-electron chi connectivity index (χ0n) is 10.3. The Hall–Kier alpha value is -1.35. The number of ether oxygens (including phenoxy) is 1. The average molecular weight is 221 g/mol. The minimum absolute atomic E-state index is 0.249. The van der Waals surface area contributed by atoms with E-state index >= 15 is 0 Å². The smallest absolute Gasteiger partial charge is 0.330 e. The molecule has 0 heterocycles. The predicted octanol–water partition coefficient (Wildman–Crippen LogP) is 1.99. The van der Waals surface area contributed by atoms with E-state index in [2.05, 4.69) is 5.32 Å². The molecule has 1 aromatic rings. The van der Waals surface area contributed by atoms with Crippen LogP contribution < -0.4 is 5.32 Å². The monoisotopic (exact) mass is 221 g/mol. The lowest BCUT2D eigenvalue weighted by Crippen LogP contribution is -2.47. The van der Waals surface area contributed by atoms with Crippen LogP contribution in [0.25, 0.3) is 0 Å². The van der Waals surface area contributed by atoms with Crippen LogP contribution in [0, 0.1) is 6.92 Å². The van der Waals surface area contributed by atoms with Crippen LogP contribution in [0.1, 0.15) is 24.5 Å². The van der Waals surface area contributed by atoms with Crippen LogP contribution in [0.3, 0.4) is 0 Å². The first-order chi connectivity index (χ1) is 7.60. The number of hydrogen-bond donors (Lipinski definition) is 1. The van der Waals surface area contributed by atoms with Crippen LogP contribution in [0.4, 0.5) is 0 Å². The number of carbonyl (C=O) groups is 1. The van der Waals surface area contributed by atoms with E-state index in [1.807, 2.05) is 38.1 Å². The van der Waals surface area contributed by atoms with E-state index in [-0.39, 0.29) is 5.97 Å². The van der Waals surface area contributed by atoms with Gasteiger partial charge in [-0.3, -0.25) is 0 Å². The van der Waals surface area contributed by atoms with E-state index in [1.54, 1.807) is 7.05 Å². The van der Waals surface area contributed by atoms with Crippen molar-refractivity contribution in [2.24, 2.45) is 0 Å². The summed E-state index contributed by atoms with van der Waals surface area (Å²) in [5.74, 6) is -0.249. The molecule has 0 fully saturated rings. The molecule has 1 aromatic carbocycles. The number of hydrogen-bond acceptors (Lipinski definition) is 3. The highest BCUT2D eigenvalue weighted by molar-refractivity contribution is 5.82. The highest BCUT2D eigenvalue weighted by Gasteiger charge is 2.37. The molecular formula is C13H19NO2. The van der Waals surface area contributed by atoms with Gasteiger partial charge in [0, 0.05) is 0 Å². The van der Waals surface area contributed by atoms with Crippen molar-refractivity contribution in [1.29, 1.82) is 0 Å². The SMILES string of the molecule is CCC(NC)(C(=O)OC)c1ccc(C)cc1. The van der Waals surface area contributed by atoms with Crippen molar-refractivity contribution < 1.29 is 9.53 Å². The summed E-state index contributed by atoms with van der Waals surface area (Å²) >= 11 is 0. The molecule has 1 N–H and O–H groups in total. The summed E-state index contributed by atoms with van der Waals surface area (Å²) in [5, 5.41) is 3.08. The van der Waals surface area contributed by atoms with Gasteiger partial charge in [0.15, 0.2) is 0 Å². The minimum Gasteiger partial charge on any atom is -0.467 e. The second-order valence-corrected chi connectivity index (χ2v) is 3.87. The van der Waals surface area contributed by atoms with Gasteiger partial charge in [-0.2, -0.15) is 0 Å². The Labute approximate surface area is 96.8 Å². The van der Waals surface area contributed by atoms with Crippen molar-refractivity contribution >= 4 is 5.97 Å². The zero-order valence-corrected chi connectivity index (χ0v) is 10.3. The Balaban J connectivity index is 3.20. The molecule has 0 aliphatic carbocycles. The summed E-state index contributed by atoms with van der Waals surface area (Å²) in [6.07, 6.45) is 0.652. The largest absolute Gasteiger partial charge is 0.467 e. The van der Waals surface area contributed by atoms with Gasteiger partial charge < -0.3 is 10.1 Å². The normalized spacial score (nSPS) is 14.2. The van der Waals surface area contributed by atoms with Crippen molar-refractivity contribution in [1.82, 2.24) is 5.32 Å². The number of rotatable bonds is 4. The van der Waals surface area contributed by atoms with Gasteiger partial charge in [-0.25, -0.2) is 4.79 Å². The molecule has 0 aliphatic rings. The molecule has 0 amide bonds. The summed E-state index contributed by atoms with van der Waals surface area (Å²) in [6, 6.07) is 7.93. The Kier molecular flexibility index (Phi) is 4.07. The summed E-state index contributed by atoms with van der Waals surface area (Å²) in [5.41, 5.74) is 1.38. The Morgan fingerprint density at radius 1 is 1.38 bits per heavy atom. The van der Waals surface area contributed by atoms with Crippen LogP contribution in [-0.4, -0.2) is 20.1 Å². The molecular weight excluding hydrogens is 202 g/mol. The van der Waals surface area contributed by atoms with Crippen LogP contribution in [-0.2, 0) is 15.1 Å². The Morgan fingerprint density at radius 2 is 1.94 bits per heavy atom. The van der Waals surface area contributed by atoms with Crippen LogP contribution >= 0.6 is 0 Å². The maximum atomic E-state index is 11.9. The van der Waals surface area contributed by atoms with E-state index in [0.717, 1.165) is 5.56 Å². The van der Waals surface area contributed by atoms with Crippen molar-refractivity contribution in [3.63, 3.8) is 0 Å². The van der Waals surface area contributed by atoms with Gasteiger partial charge in [0.1, 0.15) is 5.54 Å². The molecule has 16 heavy (non-hydrogen) atoms. The summed E-state index contributed by atoms with van der Waals surface area (Å²) < 4.78 is 4.88. The van der Waals surface area contributed by atoms with Crippen LogP contribution in [0.15, 0.2) is 24.3 Å². The summed E-state index contributed by atoms with van der Waals surface area (Å²) in [4.78, 5) is 11.9. The van der Waals surface area contributed by atoms with Gasteiger partial charge in [-0.1, -0.05) is 36.8 Å². The number of benzene rings is 1. The Morgan fingerprint density at radius 3 is 2.31 bits per heavy atom. The third kappa shape index (κ3) is 2.09. The third-order valence-electron chi connectivity index (χ3n) is 3.04. The maximum Gasteiger partial charge on any atom is 0.330 e. The van der Waals surface area contributed by atoms with Crippen molar-refractivity contribution in [3.05, 3.63) is 35.4 Å². The number of carbonyl (C=O) groups excluding carboxylic acids is 1. The average Bonchev–Trinajstić information content (AvgIpc) is 2.33. The first kappa shape index (κ1) is 12.7. The van der Waals surface area contributed by atoms with E-state index < -0.39 is 5.54 Å². The summed E-state index contributed by atoms with van der Waals surface area (Å²) in [7, 11) is 3.19. The van der Waals surface area contributed by atoms with Gasteiger partial charge in [0.05, 0.1) is 7.11 Å². The quantitative estimate of drug-likeness (QED) is 0.790. The molecule has 0 saturated carbocycles. The molecule has 3 nitrogen and oxygen atoms in total.